The molecule has 62 heavy (non-hydrogen) atoms. The van der Waals surface area contributed by atoms with Gasteiger partial charge in [-0.1, -0.05) is 121 Å². The SMILES string of the molecule is CCCCCCCCCCCCCCCC[C@@H](COP(=O)(OC[C@H]1O[C@@H](c2ccc3c(N)ncnn23)[C@@H]2OC(C)(C)O[C@@H]21)Oc1ccccc1Cl)OCc1cc(F)cc(C#N)c1. The van der Waals surface area contributed by atoms with E-state index in [0.29, 0.717) is 29.0 Å². The highest BCUT2D eigenvalue weighted by Gasteiger charge is 2.57. The van der Waals surface area contributed by atoms with Gasteiger partial charge in [-0.3, -0.25) is 9.05 Å². The highest BCUT2D eigenvalue weighted by Crippen LogP contribution is 2.53. The van der Waals surface area contributed by atoms with Gasteiger partial charge >= 0.3 is 7.82 Å². The van der Waals surface area contributed by atoms with E-state index in [4.69, 9.17) is 49.9 Å². The Hall–Kier alpha value is -3.64. The number of nitriles is 1. The van der Waals surface area contributed by atoms with Crippen LogP contribution in [0.2, 0.25) is 5.02 Å². The van der Waals surface area contributed by atoms with Crippen LogP contribution in [0.15, 0.2) is 60.9 Å². The second-order valence-electron chi connectivity index (χ2n) is 16.7. The van der Waals surface area contributed by atoms with Crippen LogP contribution >= 0.6 is 19.4 Å². The standard InChI is InChI=1S/C46H62ClFN5O8P/c1-4-5-6-7-8-9-10-11-12-13-14-15-16-17-20-36(55-29-34-25-33(28-49)26-35(48)27-34)30-56-62(54,61-40-22-19-18-21-37(40)47)57-31-41-43-44(60-46(2,3)59-43)42(58-41)38-23-24-39-45(50)51-32-52-53(38)39/h18-19,21-27,32,36,41-44H,4-17,20,29-31H2,1-3H3,(H2,50,51,52)/t36-,41+,42-,43+,44-,62?/m0/s1. The second-order valence-corrected chi connectivity index (χ2v) is 18.7. The molecule has 6 atom stereocenters. The monoisotopic (exact) mass is 897 g/mol. The van der Waals surface area contributed by atoms with E-state index < -0.39 is 49.9 Å². The first-order valence-corrected chi connectivity index (χ1v) is 24.0. The zero-order valence-electron chi connectivity index (χ0n) is 36.2. The fourth-order valence-corrected chi connectivity index (χ4v) is 9.59. The van der Waals surface area contributed by atoms with Gasteiger partial charge in [0, 0.05) is 0 Å². The molecule has 0 aliphatic carbocycles. The number of hydrogen-bond acceptors (Lipinski definition) is 12. The number of rotatable bonds is 27. The average Bonchev–Trinajstić information content (AvgIpc) is 3.92. The smallest absolute Gasteiger partial charge is 0.402 e. The number of phosphoric acid groups is 1. The van der Waals surface area contributed by atoms with Gasteiger partial charge in [0.05, 0.1) is 48.3 Å². The lowest BCUT2D eigenvalue weighted by Crippen LogP contribution is -2.33. The molecule has 2 aromatic heterocycles. The Balaban J connectivity index is 1.10. The molecular weight excluding hydrogens is 836 g/mol. The van der Waals surface area contributed by atoms with Crippen molar-refractivity contribution >= 4 is 30.8 Å². The lowest BCUT2D eigenvalue weighted by atomic mass is 10.0. The van der Waals surface area contributed by atoms with Gasteiger partial charge in [-0.25, -0.2) is 18.5 Å². The number of fused-ring (bicyclic) bond motifs is 2. The minimum absolute atomic E-state index is 0.00802. The van der Waals surface area contributed by atoms with Gasteiger partial charge in [-0.05, 0) is 68.3 Å². The first kappa shape index (κ1) is 47.8. The van der Waals surface area contributed by atoms with Crippen molar-refractivity contribution in [3.63, 3.8) is 0 Å². The average molecular weight is 898 g/mol. The molecule has 338 valence electrons. The normalized spacial score (nSPS) is 20.8. The number of para-hydroxylation sites is 1. The highest BCUT2D eigenvalue weighted by atomic mass is 35.5. The first-order chi connectivity index (χ1) is 30.0. The lowest BCUT2D eigenvalue weighted by molar-refractivity contribution is -0.191. The number of aromatic nitrogens is 3. The molecule has 2 aliphatic heterocycles. The molecule has 2 N–H and O–H groups in total. The van der Waals surface area contributed by atoms with E-state index in [1.165, 1.54) is 82.7 Å². The molecule has 13 nitrogen and oxygen atoms in total. The van der Waals surface area contributed by atoms with Crippen LogP contribution in [0.1, 0.15) is 140 Å². The number of halogens is 2. The van der Waals surface area contributed by atoms with Crippen LogP contribution in [0.4, 0.5) is 10.2 Å². The minimum Gasteiger partial charge on any atom is -0.402 e. The van der Waals surface area contributed by atoms with Crippen molar-refractivity contribution < 1.29 is 41.5 Å². The van der Waals surface area contributed by atoms with E-state index in [2.05, 4.69) is 17.0 Å². The predicted molar refractivity (Wildman–Crippen MR) is 235 cm³/mol. The van der Waals surface area contributed by atoms with Crippen LogP contribution in [-0.4, -0.2) is 58.0 Å². The fraction of sp³-hybridized carbons (Fsp3) is 0.587. The molecule has 2 aromatic carbocycles. The Kier molecular flexibility index (Phi) is 18.0. The summed E-state index contributed by atoms with van der Waals surface area (Å²) in [5, 5.41) is 14.0. The Morgan fingerprint density at radius 1 is 0.935 bits per heavy atom. The number of hydrogen-bond donors (Lipinski definition) is 1. The molecule has 16 heteroatoms. The summed E-state index contributed by atoms with van der Waals surface area (Å²) in [4.78, 5) is 4.09. The number of ether oxygens (including phenoxy) is 4. The summed E-state index contributed by atoms with van der Waals surface area (Å²) >= 11 is 6.47. The topological polar surface area (TPSA) is 162 Å². The molecule has 0 spiro atoms. The molecule has 4 heterocycles. The lowest BCUT2D eigenvalue weighted by Gasteiger charge is -2.26. The van der Waals surface area contributed by atoms with Crippen molar-refractivity contribution in [1.82, 2.24) is 14.6 Å². The summed E-state index contributed by atoms with van der Waals surface area (Å²) < 4.78 is 74.3. The molecule has 2 aliphatic rings. The quantitative estimate of drug-likeness (QED) is 0.0446. The summed E-state index contributed by atoms with van der Waals surface area (Å²) in [6.45, 7) is 5.45. The predicted octanol–water partition coefficient (Wildman–Crippen LogP) is 11.6. The van der Waals surface area contributed by atoms with Gasteiger partial charge in [0.1, 0.15) is 47.8 Å². The molecule has 0 radical (unpaired) electrons. The Bertz CT molecular complexity index is 2120. The van der Waals surface area contributed by atoms with Crippen LogP contribution in [0.25, 0.3) is 5.52 Å². The van der Waals surface area contributed by atoms with E-state index >= 15 is 0 Å². The highest BCUT2D eigenvalue weighted by molar-refractivity contribution is 7.48. The van der Waals surface area contributed by atoms with Gasteiger partial charge in [-0.2, -0.15) is 10.4 Å². The van der Waals surface area contributed by atoms with E-state index in [1.54, 1.807) is 40.9 Å². The number of nitrogens with zero attached hydrogens (tertiary/aromatic N) is 4. The molecule has 0 amide bonds. The molecule has 2 fully saturated rings. The van der Waals surface area contributed by atoms with E-state index in [1.807, 2.05) is 26.0 Å². The third kappa shape index (κ3) is 13.7. The summed E-state index contributed by atoms with van der Waals surface area (Å²) in [7, 11) is -4.44. The number of unbranched alkanes of at least 4 members (excludes halogenated alkanes) is 13. The maximum atomic E-state index is 14.7. The van der Waals surface area contributed by atoms with Crippen molar-refractivity contribution in [3.8, 4) is 11.8 Å². The van der Waals surface area contributed by atoms with Crippen molar-refractivity contribution in [2.75, 3.05) is 18.9 Å². The van der Waals surface area contributed by atoms with Crippen molar-refractivity contribution in [3.05, 3.63) is 88.6 Å². The number of nitrogen functional groups attached to an aromatic ring is 1. The molecule has 6 rings (SSSR count). The molecule has 1 unspecified atom stereocenters. The summed E-state index contributed by atoms with van der Waals surface area (Å²) in [5.74, 6) is -1.06. The summed E-state index contributed by atoms with van der Waals surface area (Å²) in [6.07, 6.45) is 15.9. The van der Waals surface area contributed by atoms with Crippen LogP contribution in [0.3, 0.4) is 0 Å². The Morgan fingerprint density at radius 3 is 2.31 bits per heavy atom. The summed E-state index contributed by atoms with van der Waals surface area (Å²) in [5.41, 5.74) is 8.08. The maximum Gasteiger partial charge on any atom is 0.530 e. The first-order valence-electron chi connectivity index (χ1n) is 22.2. The zero-order chi connectivity index (χ0) is 44.0. The minimum atomic E-state index is -4.44. The zero-order valence-corrected chi connectivity index (χ0v) is 37.9. The fourth-order valence-electron chi connectivity index (χ4n) is 8.10. The van der Waals surface area contributed by atoms with Gasteiger partial charge in [-0.15, -0.1) is 0 Å². The number of phosphoric ester groups is 1. The van der Waals surface area contributed by atoms with Gasteiger partial charge in [0.2, 0.25) is 0 Å². The second kappa shape index (κ2) is 23.3. The van der Waals surface area contributed by atoms with Gasteiger partial charge < -0.3 is 29.2 Å². The van der Waals surface area contributed by atoms with Crippen LogP contribution in [-0.2, 0) is 39.2 Å². The van der Waals surface area contributed by atoms with E-state index in [-0.39, 0.29) is 36.2 Å². The molecule has 0 saturated carbocycles. The number of benzene rings is 2. The van der Waals surface area contributed by atoms with Crippen LogP contribution in [0, 0.1) is 17.1 Å². The van der Waals surface area contributed by atoms with E-state index in [0.717, 1.165) is 25.7 Å². The molecule has 2 saturated heterocycles. The summed E-state index contributed by atoms with van der Waals surface area (Å²) in [6, 6.07) is 16.3. The molecule has 0 bridgehead atoms. The maximum absolute atomic E-state index is 14.7. The van der Waals surface area contributed by atoms with Crippen LogP contribution in [0.5, 0.6) is 5.75 Å². The molecular formula is C46H62ClFN5O8P. The largest absolute Gasteiger partial charge is 0.530 e. The Labute approximate surface area is 370 Å². The third-order valence-electron chi connectivity index (χ3n) is 11.3. The number of nitrogens with two attached hydrogens (primary N) is 1. The third-order valence-corrected chi connectivity index (χ3v) is 12.9. The van der Waals surface area contributed by atoms with Crippen molar-refractivity contribution in [1.29, 1.82) is 5.26 Å². The van der Waals surface area contributed by atoms with Crippen molar-refractivity contribution in [2.45, 2.75) is 160 Å². The van der Waals surface area contributed by atoms with Crippen molar-refractivity contribution in [2.24, 2.45) is 0 Å². The van der Waals surface area contributed by atoms with E-state index in [9.17, 15) is 14.2 Å². The van der Waals surface area contributed by atoms with Gasteiger partial charge in [0.15, 0.2) is 11.6 Å². The van der Waals surface area contributed by atoms with Gasteiger partial charge in [0.25, 0.3) is 0 Å². The van der Waals surface area contributed by atoms with Crippen LogP contribution < -0.4 is 10.3 Å². The Morgan fingerprint density at radius 2 is 1.61 bits per heavy atom. The molecule has 4 aromatic rings. The number of anilines is 1.